The Kier molecular flexibility index (Phi) is 11.8. The van der Waals surface area contributed by atoms with E-state index in [1.807, 2.05) is 9.80 Å². The Morgan fingerprint density at radius 1 is 0.433 bits per heavy atom. The van der Waals surface area contributed by atoms with Gasteiger partial charge >= 0.3 is 37.1 Å². The van der Waals surface area contributed by atoms with Gasteiger partial charge in [0.05, 0.1) is 44.8 Å². The molecule has 6 rings (SSSR count). The number of alkyl halides is 18. The fourth-order valence-electron chi connectivity index (χ4n) is 7.84. The van der Waals surface area contributed by atoms with Crippen molar-refractivity contribution in [3.05, 3.63) is 106 Å². The number of pyridine rings is 2. The lowest BCUT2D eigenvalue weighted by Gasteiger charge is -2.35. The Morgan fingerprint density at radius 2 is 0.733 bits per heavy atom. The number of rotatable bonds is 7. The molecule has 0 bridgehead atoms. The third kappa shape index (κ3) is 9.63. The lowest BCUT2D eigenvalue weighted by molar-refractivity contribution is -0.150. The topological polar surface area (TPSA) is 32.3 Å². The minimum absolute atomic E-state index is 0.0592. The fraction of sp³-hybridized carbons (Fsp3) is 0.421. The zero-order valence-electron chi connectivity index (χ0n) is 30.2. The number of hydrogen-bond acceptors (Lipinski definition) is 4. The first-order chi connectivity index (χ1) is 27.5. The van der Waals surface area contributed by atoms with E-state index in [0.717, 1.165) is 24.3 Å². The molecule has 326 valence electrons. The van der Waals surface area contributed by atoms with Crippen LogP contribution in [0.1, 0.15) is 70.5 Å². The van der Waals surface area contributed by atoms with Gasteiger partial charge in [-0.2, -0.15) is 79.0 Å². The van der Waals surface area contributed by atoms with E-state index in [9.17, 15) is 79.0 Å². The summed E-state index contributed by atoms with van der Waals surface area (Å²) < 4.78 is 247. The van der Waals surface area contributed by atoms with Gasteiger partial charge in [0.25, 0.3) is 0 Å². The minimum atomic E-state index is -5.61. The van der Waals surface area contributed by atoms with Crippen LogP contribution in [-0.4, -0.2) is 44.9 Å². The van der Waals surface area contributed by atoms with Crippen LogP contribution in [0, 0.1) is 0 Å². The molecule has 2 aromatic carbocycles. The largest absolute Gasteiger partial charge is 0.417 e. The molecule has 2 fully saturated rings. The summed E-state index contributed by atoms with van der Waals surface area (Å²) in [6.07, 6.45) is -29.5. The summed E-state index contributed by atoms with van der Waals surface area (Å²) in [4.78, 5) is 12.0. The third-order valence-corrected chi connectivity index (χ3v) is 10.4. The Balaban J connectivity index is 1.22. The first kappa shape index (κ1) is 44.9. The molecule has 0 radical (unpaired) electrons. The molecule has 2 aromatic heterocycles. The standard InChI is InChI=1S/C38H28F18N4/c39-33(40,41)21-11-25(35(45,46)47)31(26(12-21)36(48,49)50)19-5-7-23(57-15-19)17-59-9-1-3-29(59)30-4-2-10-60(30)18-24-8-6-20(16-58-24)32-27(37(51,52)53)13-22(34(42,43)44)14-28(32)38(54,55)56/h5-8,11-16,29-30H,1-4,9-10,17-18H2/t29-,30-/m1/s1. The Hall–Kier alpha value is -4.60. The van der Waals surface area contributed by atoms with Crippen molar-refractivity contribution in [3.8, 4) is 22.3 Å². The number of hydrogen-bond donors (Lipinski definition) is 0. The van der Waals surface area contributed by atoms with Crippen molar-refractivity contribution in [1.82, 2.24) is 19.8 Å². The van der Waals surface area contributed by atoms with Gasteiger partial charge in [-0.1, -0.05) is 12.1 Å². The van der Waals surface area contributed by atoms with Gasteiger partial charge in [-0.3, -0.25) is 19.8 Å². The van der Waals surface area contributed by atoms with Gasteiger partial charge in [-0.15, -0.1) is 0 Å². The van der Waals surface area contributed by atoms with Gasteiger partial charge in [0, 0.05) is 59.8 Å². The van der Waals surface area contributed by atoms with Gasteiger partial charge < -0.3 is 0 Å². The average molecular weight is 883 g/mol. The molecule has 2 atom stereocenters. The van der Waals surface area contributed by atoms with E-state index in [2.05, 4.69) is 9.97 Å². The van der Waals surface area contributed by atoms with Crippen LogP contribution in [0.5, 0.6) is 0 Å². The summed E-state index contributed by atoms with van der Waals surface area (Å²) in [6.45, 7) is 1.08. The average Bonchev–Trinajstić information content (AvgIpc) is 3.78. The summed E-state index contributed by atoms with van der Waals surface area (Å²) in [7, 11) is 0. The van der Waals surface area contributed by atoms with Crippen LogP contribution in [0.15, 0.2) is 60.9 Å². The maximum atomic E-state index is 13.9. The van der Waals surface area contributed by atoms with E-state index >= 15 is 0 Å². The van der Waals surface area contributed by atoms with Crippen molar-refractivity contribution in [2.45, 2.75) is 87.9 Å². The number of likely N-dealkylation sites (tertiary alicyclic amines) is 2. The van der Waals surface area contributed by atoms with E-state index in [-0.39, 0.29) is 36.6 Å². The number of aromatic nitrogens is 2. The third-order valence-electron chi connectivity index (χ3n) is 10.4. The second-order valence-electron chi connectivity index (χ2n) is 14.3. The lowest BCUT2D eigenvalue weighted by Crippen LogP contribution is -2.45. The van der Waals surface area contributed by atoms with Gasteiger partial charge in [-0.25, -0.2) is 0 Å². The highest BCUT2D eigenvalue weighted by Crippen LogP contribution is 2.49. The maximum Gasteiger partial charge on any atom is 0.417 e. The van der Waals surface area contributed by atoms with Crippen LogP contribution >= 0.6 is 0 Å². The molecule has 2 aliphatic heterocycles. The normalized spacial score (nSPS) is 19.1. The van der Waals surface area contributed by atoms with Crippen molar-refractivity contribution < 1.29 is 79.0 Å². The highest BCUT2D eigenvalue weighted by atomic mass is 19.4. The summed E-state index contributed by atoms with van der Waals surface area (Å²) in [5.74, 6) is 0. The zero-order valence-corrected chi connectivity index (χ0v) is 30.2. The molecule has 4 nitrogen and oxygen atoms in total. The second-order valence-corrected chi connectivity index (χ2v) is 14.3. The molecule has 0 spiro atoms. The number of halogens is 18. The van der Waals surface area contributed by atoms with E-state index in [0.29, 0.717) is 51.2 Å². The van der Waals surface area contributed by atoms with E-state index in [1.165, 1.54) is 0 Å². The number of benzene rings is 2. The number of nitrogens with zero attached hydrogens (tertiary/aromatic N) is 4. The quantitative estimate of drug-likeness (QED) is 0.173. The minimum Gasteiger partial charge on any atom is -0.293 e. The van der Waals surface area contributed by atoms with E-state index in [1.54, 1.807) is 0 Å². The van der Waals surface area contributed by atoms with Crippen molar-refractivity contribution in [2.75, 3.05) is 13.1 Å². The molecular weight excluding hydrogens is 854 g/mol. The molecular formula is C38H28F18N4. The predicted molar refractivity (Wildman–Crippen MR) is 176 cm³/mol. The summed E-state index contributed by atoms with van der Waals surface area (Å²) in [5, 5.41) is 0. The predicted octanol–water partition coefficient (Wildman–Crippen LogP) is 12.6. The van der Waals surface area contributed by atoms with Crippen LogP contribution in [0.4, 0.5) is 79.0 Å². The van der Waals surface area contributed by atoms with E-state index in [4.69, 9.17) is 0 Å². The smallest absolute Gasteiger partial charge is 0.293 e. The molecule has 4 heterocycles. The van der Waals surface area contributed by atoms with Gasteiger partial charge in [0.15, 0.2) is 0 Å². The SMILES string of the molecule is FC(F)(F)c1cc(C(F)(F)F)c(-c2ccc(CN3CCC[C@@H]3[C@H]3CCCN3Cc3ccc(-c4c(C(F)(F)F)cc(C(F)(F)F)cc4C(F)(F)F)cn3)nc2)c(C(F)(F)F)c1. The molecule has 2 saturated heterocycles. The summed E-state index contributed by atoms with van der Waals surface area (Å²) in [5.41, 5.74) is -17.0. The molecule has 0 N–H and O–H groups in total. The second kappa shape index (κ2) is 15.7. The van der Waals surface area contributed by atoms with Crippen molar-refractivity contribution in [2.24, 2.45) is 0 Å². The highest BCUT2D eigenvalue weighted by Gasteiger charge is 2.47. The van der Waals surface area contributed by atoms with E-state index < -0.39 is 117 Å². The molecule has 2 aliphatic rings. The monoisotopic (exact) mass is 882 g/mol. The van der Waals surface area contributed by atoms with Gasteiger partial charge in [0.2, 0.25) is 0 Å². The van der Waals surface area contributed by atoms with Crippen molar-refractivity contribution in [3.63, 3.8) is 0 Å². The highest BCUT2D eigenvalue weighted by molar-refractivity contribution is 5.74. The summed E-state index contributed by atoms with van der Waals surface area (Å²) >= 11 is 0. The Labute approximate surface area is 327 Å². The Morgan fingerprint density at radius 3 is 0.967 bits per heavy atom. The van der Waals surface area contributed by atoms with Gasteiger partial charge in [-0.05, 0) is 75.2 Å². The fourth-order valence-corrected chi connectivity index (χ4v) is 7.84. The zero-order chi connectivity index (χ0) is 44.4. The summed E-state index contributed by atoms with van der Waals surface area (Å²) in [6, 6.07) is 2.15. The molecule has 0 unspecified atom stereocenters. The molecule has 0 aliphatic carbocycles. The molecule has 0 amide bonds. The van der Waals surface area contributed by atoms with Crippen LogP contribution in [0.3, 0.4) is 0 Å². The van der Waals surface area contributed by atoms with Crippen molar-refractivity contribution in [1.29, 1.82) is 0 Å². The molecule has 22 heteroatoms. The van der Waals surface area contributed by atoms with Crippen LogP contribution in [0.25, 0.3) is 22.3 Å². The maximum absolute atomic E-state index is 13.9. The van der Waals surface area contributed by atoms with Crippen molar-refractivity contribution >= 4 is 0 Å². The van der Waals surface area contributed by atoms with Crippen LogP contribution in [0.2, 0.25) is 0 Å². The van der Waals surface area contributed by atoms with Gasteiger partial charge in [0.1, 0.15) is 0 Å². The van der Waals surface area contributed by atoms with Crippen LogP contribution < -0.4 is 0 Å². The molecule has 60 heavy (non-hydrogen) atoms. The first-order valence-corrected chi connectivity index (χ1v) is 17.7. The van der Waals surface area contributed by atoms with Crippen LogP contribution in [-0.2, 0) is 50.1 Å². The molecule has 0 saturated carbocycles. The Bertz CT molecular complexity index is 1940. The molecule has 4 aromatic rings. The lowest BCUT2D eigenvalue weighted by atomic mass is 9.91. The first-order valence-electron chi connectivity index (χ1n) is 17.7.